The standard InChI is InChI=1S/C18H20FN3O3/c1-12-9-13(19)3-4-14(12)17-15(18(24)25)10-16(23)22(17)7-2-6-21-8-5-20-11-21/h3-5,8-9,11,15,17H,2,6-7,10H2,1H3,(H,24,25)/t15-,17-/m1/s1. The fraction of sp³-hybridized carbons (Fsp3) is 0.389. The Morgan fingerprint density at radius 2 is 2.20 bits per heavy atom. The van der Waals surface area contributed by atoms with Crippen LogP contribution < -0.4 is 0 Å². The molecule has 2 atom stereocenters. The van der Waals surface area contributed by atoms with E-state index in [9.17, 15) is 19.1 Å². The highest BCUT2D eigenvalue weighted by Gasteiger charge is 2.44. The highest BCUT2D eigenvalue weighted by molar-refractivity contribution is 5.87. The van der Waals surface area contributed by atoms with Crippen molar-refractivity contribution >= 4 is 11.9 Å². The third-order valence-corrected chi connectivity index (χ3v) is 4.67. The highest BCUT2D eigenvalue weighted by atomic mass is 19.1. The number of nitrogens with zero attached hydrogens (tertiary/aromatic N) is 3. The molecule has 0 saturated carbocycles. The Kier molecular flexibility index (Phi) is 4.83. The second kappa shape index (κ2) is 7.04. The molecule has 2 aromatic rings. The summed E-state index contributed by atoms with van der Waals surface area (Å²) in [6, 6.07) is 3.72. The Labute approximate surface area is 144 Å². The van der Waals surface area contributed by atoms with E-state index in [-0.39, 0.29) is 18.1 Å². The van der Waals surface area contributed by atoms with Gasteiger partial charge in [-0.2, -0.15) is 0 Å². The molecule has 6 nitrogen and oxygen atoms in total. The van der Waals surface area contributed by atoms with E-state index in [4.69, 9.17) is 0 Å². The van der Waals surface area contributed by atoms with Crippen LogP contribution in [0.4, 0.5) is 4.39 Å². The molecule has 25 heavy (non-hydrogen) atoms. The minimum absolute atomic E-state index is 0.0259. The lowest BCUT2D eigenvalue weighted by atomic mass is 9.91. The van der Waals surface area contributed by atoms with Crippen LogP contribution in [0.1, 0.15) is 30.0 Å². The number of carboxylic acid groups (broad SMARTS) is 1. The van der Waals surface area contributed by atoms with Crippen LogP contribution in [-0.4, -0.2) is 38.0 Å². The number of rotatable bonds is 6. The molecule has 0 radical (unpaired) electrons. The van der Waals surface area contributed by atoms with E-state index in [2.05, 4.69) is 4.98 Å². The number of aryl methyl sites for hydroxylation is 2. The first-order chi connectivity index (χ1) is 12.0. The largest absolute Gasteiger partial charge is 0.481 e. The van der Waals surface area contributed by atoms with Crippen molar-refractivity contribution in [2.45, 2.75) is 32.4 Å². The van der Waals surface area contributed by atoms with Crippen LogP contribution in [0, 0.1) is 18.7 Å². The molecule has 0 aliphatic carbocycles. The maximum atomic E-state index is 13.4. The normalized spacial score (nSPS) is 20.2. The first kappa shape index (κ1) is 17.1. The minimum atomic E-state index is -1.00. The van der Waals surface area contributed by atoms with Crippen LogP contribution in [-0.2, 0) is 16.1 Å². The molecule has 1 aliphatic rings. The van der Waals surface area contributed by atoms with E-state index in [1.165, 1.54) is 12.1 Å². The van der Waals surface area contributed by atoms with Gasteiger partial charge in [0.1, 0.15) is 5.82 Å². The quantitative estimate of drug-likeness (QED) is 0.872. The Bertz CT molecular complexity index is 776. The van der Waals surface area contributed by atoms with Crippen molar-refractivity contribution in [3.8, 4) is 0 Å². The lowest BCUT2D eigenvalue weighted by Gasteiger charge is -2.28. The number of hydrogen-bond acceptors (Lipinski definition) is 3. The van der Waals surface area contributed by atoms with Gasteiger partial charge in [0, 0.05) is 31.9 Å². The zero-order chi connectivity index (χ0) is 18.0. The van der Waals surface area contributed by atoms with Gasteiger partial charge < -0.3 is 14.6 Å². The predicted octanol–water partition coefficient (Wildman–Crippen LogP) is 2.40. The number of imidazole rings is 1. The van der Waals surface area contributed by atoms with Crippen LogP contribution in [0.5, 0.6) is 0 Å². The number of aromatic nitrogens is 2. The van der Waals surface area contributed by atoms with Crippen molar-refractivity contribution in [2.24, 2.45) is 5.92 Å². The molecule has 3 rings (SSSR count). The third-order valence-electron chi connectivity index (χ3n) is 4.67. The highest BCUT2D eigenvalue weighted by Crippen LogP contribution is 2.39. The summed E-state index contributed by atoms with van der Waals surface area (Å²) in [5.74, 6) is -2.36. The Balaban J connectivity index is 1.82. The lowest BCUT2D eigenvalue weighted by Crippen LogP contribution is -2.32. The van der Waals surface area contributed by atoms with Gasteiger partial charge in [0.05, 0.1) is 18.3 Å². The molecule has 1 amide bonds. The molecule has 1 fully saturated rings. The number of benzene rings is 1. The van der Waals surface area contributed by atoms with Gasteiger partial charge in [-0.3, -0.25) is 9.59 Å². The Hall–Kier alpha value is -2.70. The van der Waals surface area contributed by atoms with E-state index in [1.54, 1.807) is 30.4 Å². The maximum Gasteiger partial charge on any atom is 0.309 e. The van der Waals surface area contributed by atoms with Crippen LogP contribution in [0.25, 0.3) is 0 Å². The molecular formula is C18H20FN3O3. The van der Waals surface area contributed by atoms with Gasteiger partial charge in [0.2, 0.25) is 5.91 Å². The average Bonchev–Trinajstić information content (AvgIpc) is 3.17. The number of carbonyl (C=O) groups is 2. The number of halogens is 1. The Morgan fingerprint density at radius 1 is 1.40 bits per heavy atom. The summed E-state index contributed by atoms with van der Waals surface area (Å²) in [6.45, 7) is 2.88. The molecular weight excluding hydrogens is 325 g/mol. The zero-order valence-electron chi connectivity index (χ0n) is 13.9. The van der Waals surface area contributed by atoms with Crippen LogP contribution in [0.15, 0.2) is 36.9 Å². The summed E-state index contributed by atoms with van der Waals surface area (Å²) in [5, 5.41) is 9.54. The topological polar surface area (TPSA) is 75.4 Å². The van der Waals surface area contributed by atoms with Crippen molar-refractivity contribution in [1.29, 1.82) is 0 Å². The van der Waals surface area contributed by atoms with Crippen molar-refractivity contribution in [1.82, 2.24) is 14.5 Å². The summed E-state index contributed by atoms with van der Waals surface area (Å²) in [5.41, 5.74) is 1.35. The third kappa shape index (κ3) is 3.55. The summed E-state index contributed by atoms with van der Waals surface area (Å²) < 4.78 is 15.3. The molecule has 1 N–H and O–H groups in total. The fourth-order valence-corrected chi connectivity index (χ4v) is 3.47. The van der Waals surface area contributed by atoms with Crippen molar-refractivity contribution in [3.63, 3.8) is 0 Å². The van der Waals surface area contributed by atoms with E-state index >= 15 is 0 Å². The smallest absolute Gasteiger partial charge is 0.309 e. The second-order valence-electron chi connectivity index (χ2n) is 6.34. The number of aliphatic carboxylic acids is 1. The number of carboxylic acids is 1. The first-order valence-corrected chi connectivity index (χ1v) is 8.21. The maximum absolute atomic E-state index is 13.4. The first-order valence-electron chi connectivity index (χ1n) is 8.21. The van der Waals surface area contributed by atoms with Crippen molar-refractivity contribution in [2.75, 3.05) is 6.54 Å². The van der Waals surface area contributed by atoms with Crippen LogP contribution in [0.3, 0.4) is 0 Å². The van der Waals surface area contributed by atoms with Gasteiger partial charge in [-0.1, -0.05) is 6.07 Å². The average molecular weight is 345 g/mol. The van der Waals surface area contributed by atoms with E-state index in [0.717, 1.165) is 0 Å². The SMILES string of the molecule is Cc1cc(F)ccc1[C@@H]1[C@H](C(=O)O)CC(=O)N1CCCn1ccnc1. The molecule has 1 aliphatic heterocycles. The second-order valence-corrected chi connectivity index (χ2v) is 6.34. The summed E-state index contributed by atoms with van der Waals surface area (Å²) in [6.07, 6.45) is 5.89. The number of carbonyl (C=O) groups excluding carboxylic acids is 1. The Morgan fingerprint density at radius 3 is 2.84 bits per heavy atom. The van der Waals surface area contributed by atoms with Gasteiger partial charge >= 0.3 is 5.97 Å². The lowest BCUT2D eigenvalue weighted by molar-refractivity contribution is -0.142. The monoisotopic (exact) mass is 345 g/mol. The van der Waals surface area contributed by atoms with Gasteiger partial charge in [-0.15, -0.1) is 0 Å². The van der Waals surface area contributed by atoms with Crippen LogP contribution >= 0.6 is 0 Å². The molecule has 1 saturated heterocycles. The minimum Gasteiger partial charge on any atom is -0.481 e. The number of hydrogen-bond donors (Lipinski definition) is 1. The number of likely N-dealkylation sites (tertiary alicyclic amines) is 1. The molecule has 7 heteroatoms. The van der Waals surface area contributed by atoms with Crippen LogP contribution in [0.2, 0.25) is 0 Å². The molecule has 1 aromatic heterocycles. The van der Waals surface area contributed by atoms with Gasteiger partial charge in [-0.25, -0.2) is 9.37 Å². The zero-order valence-corrected chi connectivity index (χ0v) is 13.9. The summed E-state index contributed by atoms with van der Waals surface area (Å²) >= 11 is 0. The summed E-state index contributed by atoms with van der Waals surface area (Å²) in [4.78, 5) is 29.7. The summed E-state index contributed by atoms with van der Waals surface area (Å²) in [7, 11) is 0. The molecule has 2 heterocycles. The fourth-order valence-electron chi connectivity index (χ4n) is 3.47. The predicted molar refractivity (Wildman–Crippen MR) is 88.2 cm³/mol. The van der Waals surface area contributed by atoms with Gasteiger partial charge in [0.25, 0.3) is 0 Å². The molecule has 132 valence electrons. The van der Waals surface area contributed by atoms with E-state index in [1.807, 2.05) is 10.8 Å². The molecule has 0 unspecified atom stereocenters. The van der Waals surface area contributed by atoms with Gasteiger partial charge in [0.15, 0.2) is 0 Å². The molecule has 1 aromatic carbocycles. The van der Waals surface area contributed by atoms with Gasteiger partial charge in [-0.05, 0) is 36.6 Å². The molecule has 0 spiro atoms. The van der Waals surface area contributed by atoms with E-state index < -0.39 is 17.9 Å². The molecule has 0 bridgehead atoms. The van der Waals surface area contributed by atoms with Crippen molar-refractivity contribution in [3.05, 3.63) is 53.9 Å². The van der Waals surface area contributed by atoms with E-state index in [0.29, 0.717) is 30.6 Å². The number of amides is 1. The van der Waals surface area contributed by atoms with Crippen molar-refractivity contribution < 1.29 is 19.1 Å².